The van der Waals surface area contributed by atoms with Crippen LogP contribution in [0.5, 0.6) is 0 Å². The standard InChI is InChI=1S/C82H120N12O8S2/c1-9-36-84-77(99)69(47-103)86-73(95)25-11-49(3)61-21-23-63-59-19-15-53-41-55(27-31-79(53,5)65(59)29-33-81(61,63)7)101-75(97)45-92-43-67(88-90-92)51-13-17-57-58-18-14-52(40-72(58)94(38-35-83)71(57)39-51)68-44-93(91-89-68)46-76(98)102-56-28-32-80(6)54(42-56)16-20-60-64-24-22-62(82(64,8)34-30-66(60)80)50(4)12-26-74(96)87-70(48-104)78(100)85-37-10-2/h13-14,17-18,39-40,43-44,49-50,53-56,59-66,69-70,103-104H,9-12,15-16,19-38,41-42,45-48,83H2,1-8H3,(H,84,99)(H,85,100)(H,86,95)(H,87,96)/t49-,50-,53-,54-,55-,56-,59+,60+,61?,62?,63+,64+,65?,66?,69+,70?,79?,80?,81?,82?/m1/s1. The molecule has 20 nitrogen and oxygen atoms in total. The minimum atomic E-state index is -0.610. The highest BCUT2D eigenvalue weighted by atomic mass is 32.1. The lowest BCUT2D eigenvalue weighted by Gasteiger charge is -2.61. The van der Waals surface area contributed by atoms with Gasteiger partial charge >= 0.3 is 11.9 Å². The van der Waals surface area contributed by atoms with E-state index in [4.69, 9.17) is 15.2 Å². The molecule has 5 aromatic rings. The summed E-state index contributed by atoms with van der Waals surface area (Å²) < 4.78 is 18.0. The highest BCUT2D eigenvalue weighted by Crippen LogP contribution is 2.70. The topological polar surface area (TPSA) is 261 Å². The number of thiol groups is 2. The Morgan fingerprint density at radius 3 is 1.38 bits per heavy atom. The van der Waals surface area contributed by atoms with Gasteiger partial charge < -0.3 is 41.0 Å². The van der Waals surface area contributed by atoms with Gasteiger partial charge in [0.05, 0.1) is 12.4 Å². The molecule has 9 unspecified atom stereocenters. The van der Waals surface area contributed by atoms with Gasteiger partial charge in [0.25, 0.3) is 0 Å². The maximum absolute atomic E-state index is 13.8. The van der Waals surface area contributed by atoms with Gasteiger partial charge in [0.2, 0.25) is 23.6 Å². The molecular weight excluding hydrogens is 1350 g/mol. The third kappa shape index (κ3) is 15.2. The van der Waals surface area contributed by atoms with Crippen LogP contribution in [0.3, 0.4) is 0 Å². The van der Waals surface area contributed by atoms with Gasteiger partial charge in [-0.15, -0.1) is 10.2 Å². The summed E-state index contributed by atoms with van der Waals surface area (Å²) in [5.41, 5.74) is 12.4. The van der Waals surface area contributed by atoms with Crippen molar-refractivity contribution in [1.82, 2.24) is 55.8 Å². The number of ether oxygens (including phenoxy) is 2. The summed E-state index contributed by atoms with van der Waals surface area (Å²) in [6.45, 7) is 21.1. The van der Waals surface area contributed by atoms with Crippen LogP contribution in [0.4, 0.5) is 0 Å². The van der Waals surface area contributed by atoms with Crippen LogP contribution >= 0.6 is 25.3 Å². The molecule has 20 atom stereocenters. The van der Waals surface area contributed by atoms with E-state index in [2.05, 4.69) is 150 Å². The number of carbonyl (C=O) groups excluding carboxylic acids is 6. The Labute approximate surface area is 627 Å². The van der Waals surface area contributed by atoms with Crippen molar-refractivity contribution in [2.75, 3.05) is 31.1 Å². The van der Waals surface area contributed by atoms with Crippen LogP contribution in [0.1, 0.15) is 209 Å². The molecule has 8 aliphatic carbocycles. The molecular formula is C82H120N12O8S2. The van der Waals surface area contributed by atoms with E-state index in [1.54, 1.807) is 9.36 Å². The molecule has 2 aromatic carbocycles. The Bertz CT molecular complexity index is 3670. The normalized spacial score (nSPS) is 32.5. The van der Waals surface area contributed by atoms with E-state index in [1.165, 1.54) is 77.0 Å². The fraction of sp³-hybridized carbons (Fsp3) is 0.732. The Morgan fingerprint density at radius 2 is 0.971 bits per heavy atom. The molecule has 22 heteroatoms. The van der Waals surface area contributed by atoms with E-state index in [0.29, 0.717) is 121 Å². The number of fused-ring (bicyclic) bond motifs is 13. The maximum Gasteiger partial charge on any atom is 0.328 e. The van der Waals surface area contributed by atoms with Gasteiger partial charge in [-0.25, -0.2) is 9.36 Å². The number of hydrogen-bond donors (Lipinski definition) is 7. The molecule has 568 valence electrons. The molecule has 0 bridgehead atoms. The summed E-state index contributed by atoms with van der Waals surface area (Å²) in [6.07, 6.45) is 28.0. The molecule has 8 saturated carbocycles. The number of amides is 4. The zero-order valence-electron chi connectivity index (χ0n) is 63.4. The summed E-state index contributed by atoms with van der Waals surface area (Å²) in [4.78, 5) is 78.9. The Morgan fingerprint density at radius 1 is 0.558 bits per heavy atom. The molecule has 0 radical (unpaired) electrons. The van der Waals surface area contributed by atoms with E-state index in [9.17, 15) is 28.8 Å². The predicted molar refractivity (Wildman–Crippen MR) is 412 cm³/mol. The smallest absolute Gasteiger partial charge is 0.328 e. The average Bonchev–Trinajstić information content (AvgIpc) is 1.43. The van der Waals surface area contributed by atoms with Gasteiger partial charge in [-0.05, 0) is 246 Å². The molecule has 104 heavy (non-hydrogen) atoms. The van der Waals surface area contributed by atoms with Crippen molar-refractivity contribution in [3.63, 3.8) is 0 Å². The quantitative estimate of drug-likeness (QED) is 0.0182. The summed E-state index contributed by atoms with van der Waals surface area (Å²) in [7, 11) is 0. The molecule has 0 spiro atoms. The first-order valence-electron chi connectivity index (χ1n) is 40.3. The van der Waals surface area contributed by atoms with Crippen LogP contribution in [0.25, 0.3) is 44.3 Å². The van der Waals surface area contributed by atoms with Gasteiger partial charge in [0.1, 0.15) is 48.8 Å². The van der Waals surface area contributed by atoms with Crippen LogP contribution in [0.2, 0.25) is 0 Å². The molecule has 0 aliphatic heterocycles. The zero-order chi connectivity index (χ0) is 73.4. The molecule has 3 aromatic heterocycles. The first kappa shape index (κ1) is 76.2. The second-order valence-electron chi connectivity index (χ2n) is 34.8. The van der Waals surface area contributed by atoms with Gasteiger partial charge in [0, 0.05) is 83.5 Å². The van der Waals surface area contributed by atoms with Gasteiger partial charge in [-0.2, -0.15) is 25.3 Å². The SMILES string of the molecule is CCCNC(=O)C(CS)NC(=O)CC[C@@H](C)C1CC[C@H]2[C@@H]3CC[C@@H]4C[C@H](OC(=O)Cn5cc(-c6ccc7c8ccc(-c9cn(CC(=O)O[C@@H]%10CCC%11(C)C%12CCC%13(C)C([C@H](C)CCC(=O)N[C@@H](CS)C(=O)NCCC)CC[C@H]%13[C@@H]%12CC[C@@H]%11C%10)nn9)cc8n(CCN)c7c6)nn5)CCC4(C)C3CCC12C. The van der Waals surface area contributed by atoms with Crippen LogP contribution in [-0.2, 0) is 57.9 Å². The molecule has 13 rings (SSSR count). The number of nitrogens with two attached hydrogens (primary N) is 1. The fourth-order valence-electron chi connectivity index (χ4n) is 23.9. The molecule has 3 heterocycles. The number of carbonyl (C=O) groups is 6. The minimum Gasteiger partial charge on any atom is -0.461 e. The van der Waals surface area contributed by atoms with Crippen molar-refractivity contribution in [1.29, 1.82) is 0 Å². The average molecular weight is 1470 g/mol. The number of benzene rings is 2. The van der Waals surface area contributed by atoms with Crippen molar-refractivity contribution in [2.24, 2.45) is 98.4 Å². The zero-order valence-corrected chi connectivity index (χ0v) is 65.1. The van der Waals surface area contributed by atoms with Crippen molar-refractivity contribution < 1.29 is 38.2 Å². The number of hydrogen-bond acceptors (Lipinski definition) is 15. The largest absolute Gasteiger partial charge is 0.461 e. The minimum absolute atomic E-state index is 0.0162. The summed E-state index contributed by atoms with van der Waals surface area (Å²) in [6, 6.07) is 11.4. The van der Waals surface area contributed by atoms with E-state index < -0.39 is 12.1 Å². The van der Waals surface area contributed by atoms with E-state index >= 15 is 0 Å². The van der Waals surface area contributed by atoms with Crippen molar-refractivity contribution in [3.8, 4) is 22.5 Å². The first-order chi connectivity index (χ1) is 50.0. The van der Waals surface area contributed by atoms with Crippen molar-refractivity contribution in [2.45, 2.75) is 253 Å². The Kier molecular flexibility index (Phi) is 23.5. The third-order valence-electron chi connectivity index (χ3n) is 29.2. The number of aromatic nitrogens is 7. The highest BCUT2D eigenvalue weighted by Gasteiger charge is 2.63. The fourth-order valence-corrected chi connectivity index (χ4v) is 24.4. The van der Waals surface area contributed by atoms with Gasteiger partial charge in [0.15, 0.2) is 0 Å². The Hall–Kier alpha value is -6.00. The predicted octanol–water partition coefficient (Wildman–Crippen LogP) is 13.1. The summed E-state index contributed by atoms with van der Waals surface area (Å²) in [5, 5.41) is 31.8. The van der Waals surface area contributed by atoms with Gasteiger partial charge in [-0.1, -0.05) is 90.1 Å². The lowest BCUT2D eigenvalue weighted by molar-refractivity contribution is -0.164. The lowest BCUT2D eigenvalue weighted by Crippen LogP contribution is -2.54. The third-order valence-corrected chi connectivity index (χ3v) is 30.0. The van der Waals surface area contributed by atoms with Crippen LogP contribution in [0.15, 0.2) is 48.8 Å². The number of rotatable bonds is 28. The summed E-state index contributed by atoms with van der Waals surface area (Å²) in [5.74, 6) is 6.74. The number of esters is 2. The maximum atomic E-state index is 13.8. The van der Waals surface area contributed by atoms with Gasteiger partial charge in [-0.3, -0.25) is 28.8 Å². The monoisotopic (exact) mass is 1460 g/mol. The molecule has 6 N–H and O–H groups in total. The second kappa shape index (κ2) is 32.1. The molecule has 8 aliphatic rings. The molecule has 0 saturated heterocycles. The first-order valence-corrected chi connectivity index (χ1v) is 41.6. The van der Waals surface area contributed by atoms with Crippen LogP contribution in [0, 0.1) is 92.7 Å². The lowest BCUT2D eigenvalue weighted by atomic mass is 9.44. The van der Waals surface area contributed by atoms with E-state index in [-0.39, 0.29) is 94.0 Å². The van der Waals surface area contributed by atoms with Crippen molar-refractivity contribution in [3.05, 3.63) is 48.8 Å². The molecule has 4 amide bonds. The number of nitrogens with zero attached hydrogens (tertiary/aromatic N) is 7. The summed E-state index contributed by atoms with van der Waals surface area (Å²) >= 11 is 8.71. The Balaban J connectivity index is 0.570. The van der Waals surface area contributed by atoms with Crippen LogP contribution < -0.4 is 27.0 Å². The highest BCUT2D eigenvalue weighted by molar-refractivity contribution is 7.80. The van der Waals surface area contributed by atoms with E-state index in [0.717, 1.165) is 97.1 Å². The second-order valence-corrected chi connectivity index (χ2v) is 35.5. The van der Waals surface area contributed by atoms with E-state index in [1.807, 2.05) is 26.2 Å². The van der Waals surface area contributed by atoms with Crippen molar-refractivity contribution >= 4 is 82.6 Å². The van der Waals surface area contributed by atoms with Crippen LogP contribution in [-0.4, -0.2) is 126 Å². The molecule has 8 fully saturated rings. The number of nitrogens with one attached hydrogen (secondary N) is 4.